The monoisotopic (exact) mass is 402 g/mol. The lowest BCUT2D eigenvalue weighted by Gasteiger charge is -2.15. The number of thioether (sulfide) groups is 1. The van der Waals surface area contributed by atoms with E-state index in [0.717, 1.165) is 9.77 Å². The van der Waals surface area contributed by atoms with Crippen LogP contribution < -0.4 is 5.43 Å². The molecule has 0 saturated heterocycles. The summed E-state index contributed by atoms with van der Waals surface area (Å²) in [6.07, 6.45) is -0.0250. The quantitative estimate of drug-likeness (QED) is 0.466. The molecule has 1 atom stereocenters. The van der Waals surface area contributed by atoms with Crippen molar-refractivity contribution < 1.29 is 19.1 Å². The number of methoxy groups -OCH3 is 1. The summed E-state index contributed by atoms with van der Waals surface area (Å²) in [6, 6.07) is 14.7. The summed E-state index contributed by atoms with van der Waals surface area (Å²) in [5.41, 5.74) is -0.522. The lowest BCUT2D eigenvalue weighted by atomic mass is 9.99. The summed E-state index contributed by atoms with van der Waals surface area (Å²) >= 11 is 2.94. The molecular weight excluding hydrogens is 384 g/mol. The smallest absolute Gasteiger partial charge is 0.306 e. The zero-order valence-corrected chi connectivity index (χ0v) is 16.2. The van der Waals surface area contributed by atoms with Gasteiger partial charge >= 0.3 is 5.97 Å². The Morgan fingerprint density at radius 1 is 1.26 bits per heavy atom. The Bertz CT molecular complexity index is 948. The van der Waals surface area contributed by atoms with Gasteiger partial charge in [-0.05, 0) is 23.6 Å². The first-order valence-corrected chi connectivity index (χ1v) is 10.1. The van der Waals surface area contributed by atoms with Gasteiger partial charge in [0.1, 0.15) is 5.76 Å². The van der Waals surface area contributed by atoms with Crippen LogP contribution in [0.15, 0.2) is 68.0 Å². The van der Waals surface area contributed by atoms with Crippen molar-refractivity contribution in [2.45, 2.75) is 23.0 Å². The van der Waals surface area contributed by atoms with Crippen molar-refractivity contribution in [3.05, 3.63) is 80.5 Å². The molecule has 0 fully saturated rings. The van der Waals surface area contributed by atoms with Crippen molar-refractivity contribution in [2.75, 3.05) is 7.11 Å². The van der Waals surface area contributed by atoms with Crippen LogP contribution >= 0.6 is 23.1 Å². The number of rotatable bonds is 7. The number of hydrogen-bond donors (Lipinski definition) is 1. The zero-order valence-electron chi connectivity index (χ0n) is 14.6. The maximum absolute atomic E-state index is 12.3. The summed E-state index contributed by atoms with van der Waals surface area (Å²) in [5.74, 6) is -0.522. The van der Waals surface area contributed by atoms with Crippen LogP contribution in [0.25, 0.3) is 0 Å². The Kier molecular flexibility index (Phi) is 6.36. The van der Waals surface area contributed by atoms with Crippen LogP contribution in [0.2, 0.25) is 0 Å². The number of benzene rings is 1. The highest BCUT2D eigenvalue weighted by atomic mass is 32.2. The minimum absolute atomic E-state index is 0.0250. The predicted molar refractivity (Wildman–Crippen MR) is 105 cm³/mol. The minimum Gasteiger partial charge on any atom is -0.502 e. The van der Waals surface area contributed by atoms with Gasteiger partial charge in [0.25, 0.3) is 0 Å². The number of ether oxygens (including phenoxy) is 1. The standard InChI is InChI=1S/C20H18O5S2/c1-24-18(22)11-15(17-8-5-9-26-17)20-19(23)16(21)10-13(25-20)12-27-14-6-3-2-4-7-14/h2-10,15,23H,11-12H2,1H3. The first-order valence-electron chi connectivity index (χ1n) is 8.22. The molecule has 0 amide bonds. The normalized spacial score (nSPS) is 11.9. The zero-order chi connectivity index (χ0) is 19.2. The molecule has 0 spiro atoms. The molecule has 2 heterocycles. The van der Waals surface area contributed by atoms with Gasteiger partial charge in [-0.15, -0.1) is 23.1 Å². The fourth-order valence-electron chi connectivity index (χ4n) is 2.60. The molecule has 0 radical (unpaired) electrons. The largest absolute Gasteiger partial charge is 0.502 e. The maximum Gasteiger partial charge on any atom is 0.306 e. The van der Waals surface area contributed by atoms with Gasteiger partial charge in [-0.2, -0.15) is 0 Å². The second-order valence-electron chi connectivity index (χ2n) is 5.74. The van der Waals surface area contributed by atoms with E-state index < -0.39 is 23.1 Å². The molecule has 5 nitrogen and oxygen atoms in total. The minimum atomic E-state index is -0.577. The maximum atomic E-state index is 12.3. The Balaban J connectivity index is 1.93. The van der Waals surface area contributed by atoms with Crippen LogP contribution in [0.5, 0.6) is 5.75 Å². The third-order valence-electron chi connectivity index (χ3n) is 3.93. The fourth-order valence-corrected chi connectivity index (χ4v) is 4.22. The fraction of sp³-hybridized carbons (Fsp3) is 0.200. The molecule has 0 saturated carbocycles. The van der Waals surface area contributed by atoms with Gasteiger partial charge in [-0.1, -0.05) is 24.3 Å². The van der Waals surface area contributed by atoms with E-state index in [2.05, 4.69) is 0 Å². The number of carbonyl (C=O) groups excluding carboxylic acids is 1. The van der Waals surface area contributed by atoms with Crippen molar-refractivity contribution in [3.63, 3.8) is 0 Å². The molecular formula is C20H18O5S2. The average molecular weight is 402 g/mol. The van der Waals surface area contributed by atoms with E-state index in [1.165, 1.54) is 36.3 Å². The summed E-state index contributed by atoms with van der Waals surface area (Å²) < 4.78 is 10.6. The molecule has 3 aromatic rings. The molecule has 0 aliphatic carbocycles. The van der Waals surface area contributed by atoms with Gasteiger partial charge in [0.05, 0.1) is 25.2 Å². The van der Waals surface area contributed by atoms with E-state index in [9.17, 15) is 14.7 Å². The molecule has 1 unspecified atom stereocenters. The van der Waals surface area contributed by atoms with Crippen molar-refractivity contribution in [1.82, 2.24) is 0 Å². The highest BCUT2D eigenvalue weighted by molar-refractivity contribution is 7.98. The first-order chi connectivity index (χ1) is 13.1. The predicted octanol–water partition coefficient (Wildman–Crippen LogP) is 4.39. The van der Waals surface area contributed by atoms with Crippen LogP contribution in [0.3, 0.4) is 0 Å². The second kappa shape index (κ2) is 8.92. The van der Waals surface area contributed by atoms with Gasteiger partial charge in [-0.3, -0.25) is 9.59 Å². The van der Waals surface area contributed by atoms with Crippen LogP contribution in [-0.2, 0) is 15.3 Å². The van der Waals surface area contributed by atoms with E-state index >= 15 is 0 Å². The highest BCUT2D eigenvalue weighted by Gasteiger charge is 2.27. The van der Waals surface area contributed by atoms with E-state index in [1.807, 2.05) is 47.8 Å². The van der Waals surface area contributed by atoms with Crippen molar-refractivity contribution in [2.24, 2.45) is 0 Å². The van der Waals surface area contributed by atoms with Gasteiger partial charge in [0, 0.05) is 15.8 Å². The third-order valence-corrected chi connectivity index (χ3v) is 5.95. The van der Waals surface area contributed by atoms with E-state index in [0.29, 0.717) is 11.5 Å². The SMILES string of the molecule is COC(=O)CC(c1cccs1)c1oc(CSc2ccccc2)cc(=O)c1O. The molecule has 0 bridgehead atoms. The Labute approximate surface area is 164 Å². The van der Waals surface area contributed by atoms with Gasteiger partial charge < -0.3 is 14.3 Å². The molecule has 7 heteroatoms. The number of aromatic hydroxyl groups is 1. The molecule has 27 heavy (non-hydrogen) atoms. The van der Waals surface area contributed by atoms with Gasteiger partial charge in [0.2, 0.25) is 11.2 Å². The molecule has 1 N–H and O–H groups in total. The van der Waals surface area contributed by atoms with Gasteiger partial charge in [-0.25, -0.2) is 0 Å². The molecule has 0 aliphatic heterocycles. The number of carbonyl (C=O) groups is 1. The molecule has 1 aromatic carbocycles. The van der Waals surface area contributed by atoms with E-state index in [1.54, 1.807) is 0 Å². The van der Waals surface area contributed by atoms with Crippen LogP contribution in [0, 0.1) is 0 Å². The molecule has 3 rings (SSSR count). The summed E-state index contributed by atoms with van der Waals surface area (Å²) in [6.45, 7) is 0. The van der Waals surface area contributed by atoms with Crippen molar-refractivity contribution in [3.8, 4) is 5.75 Å². The molecule has 2 aromatic heterocycles. The summed E-state index contributed by atoms with van der Waals surface area (Å²) in [4.78, 5) is 26.0. The van der Waals surface area contributed by atoms with Crippen LogP contribution in [0.4, 0.5) is 0 Å². The Morgan fingerprint density at radius 3 is 2.70 bits per heavy atom. The summed E-state index contributed by atoms with van der Waals surface area (Å²) in [7, 11) is 1.30. The molecule has 0 aliphatic rings. The number of hydrogen-bond acceptors (Lipinski definition) is 7. The van der Waals surface area contributed by atoms with Crippen LogP contribution in [-0.4, -0.2) is 18.2 Å². The third kappa shape index (κ3) is 4.81. The van der Waals surface area contributed by atoms with Crippen molar-refractivity contribution in [1.29, 1.82) is 0 Å². The lowest BCUT2D eigenvalue weighted by Crippen LogP contribution is -2.13. The van der Waals surface area contributed by atoms with Crippen LogP contribution in [0.1, 0.15) is 28.7 Å². The number of thiophene rings is 1. The molecule has 140 valence electrons. The topological polar surface area (TPSA) is 76.7 Å². The summed E-state index contributed by atoms with van der Waals surface area (Å²) in [5, 5.41) is 12.2. The van der Waals surface area contributed by atoms with Gasteiger partial charge in [0.15, 0.2) is 5.76 Å². The highest BCUT2D eigenvalue weighted by Crippen LogP contribution is 2.36. The van der Waals surface area contributed by atoms with E-state index in [-0.39, 0.29) is 12.2 Å². The lowest BCUT2D eigenvalue weighted by molar-refractivity contribution is -0.140. The number of esters is 1. The Hall–Kier alpha value is -2.51. The Morgan fingerprint density at radius 2 is 2.04 bits per heavy atom. The first kappa shape index (κ1) is 19.3. The van der Waals surface area contributed by atoms with E-state index in [4.69, 9.17) is 9.15 Å². The average Bonchev–Trinajstić information content (AvgIpc) is 3.22. The second-order valence-corrected chi connectivity index (χ2v) is 7.77. The van der Waals surface area contributed by atoms with Crippen molar-refractivity contribution >= 4 is 29.1 Å².